The molecule has 0 unspecified atom stereocenters. The first-order chi connectivity index (χ1) is 18.1. The van der Waals surface area contributed by atoms with Gasteiger partial charge in [0.05, 0.1) is 12.7 Å². The molecule has 4 aliphatic rings. The quantitative estimate of drug-likeness (QED) is 0.291. The van der Waals surface area contributed by atoms with Crippen molar-refractivity contribution >= 4 is 5.91 Å². The van der Waals surface area contributed by atoms with Gasteiger partial charge in [-0.25, -0.2) is 0 Å². The monoisotopic (exact) mass is 520 g/mol. The summed E-state index contributed by atoms with van der Waals surface area (Å²) in [4.78, 5) is 13.0. The first kappa shape index (κ1) is 27.2. The van der Waals surface area contributed by atoms with Gasteiger partial charge in [-0.15, -0.1) is 0 Å². The van der Waals surface area contributed by atoms with Crippen molar-refractivity contribution in [2.24, 2.45) is 23.2 Å². The van der Waals surface area contributed by atoms with Crippen LogP contribution in [0.5, 0.6) is 5.75 Å². The Bertz CT molecular complexity index is 1110. The lowest BCUT2D eigenvalue weighted by Crippen LogP contribution is -2.47. The maximum absolute atomic E-state index is 13.0. The molecule has 4 saturated carbocycles. The molecule has 0 aliphatic heterocycles. The SMILES string of the molecule is CC(C)(Cc1cccc(C(=O)NCCC23CC4CC(CC(C4)C2)C3)c1)NC[C@H](O)c1ccc(O)c(CO)c1. The number of β-amino-alcohol motifs (C(OH)–C–C–N with tert-alkyl or cyclic N) is 1. The summed E-state index contributed by atoms with van der Waals surface area (Å²) < 4.78 is 0. The molecule has 2 aromatic carbocycles. The summed E-state index contributed by atoms with van der Waals surface area (Å²) in [6.45, 7) is 4.96. The first-order valence-electron chi connectivity index (χ1n) is 14.4. The average Bonchev–Trinajstić information content (AvgIpc) is 2.86. The maximum Gasteiger partial charge on any atom is 0.251 e. The van der Waals surface area contributed by atoms with E-state index in [-0.39, 0.29) is 23.8 Å². The van der Waals surface area contributed by atoms with Gasteiger partial charge in [-0.1, -0.05) is 18.2 Å². The Morgan fingerprint density at radius 2 is 1.74 bits per heavy atom. The van der Waals surface area contributed by atoms with Crippen molar-refractivity contribution < 1.29 is 20.1 Å². The maximum atomic E-state index is 13.0. The van der Waals surface area contributed by atoms with Crippen molar-refractivity contribution in [2.45, 2.75) is 83.5 Å². The lowest BCUT2D eigenvalue weighted by atomic mass is 9.49. The van der Waals surface area contributed by atoms with Crippen LogP contribution < -0.4 is 10.6 Å². The molecule has 4 aliphatic carbocycles. The molecule has 0 spiro atoms. The molecule has 0 heterocycles. The summed E-state index contributed by atoms with van der Waals surface area (Å²) in [6.07, 6.45) is 9.50. The van der Waals surface area contributed by atoms with E-state index in [1.807, 2.05) is 24.3 Å². The molecular formula is C32H44N2O4. The van der Waals surface area contributed by atoms with E-state index < -0.39 is 6.10 Å². The molecule has 0 saturated heterocycles. The van der Waals surface area contributed by atoms with Crippen LogP contribution in [0.1, 0.15) is 91.9 Å². The number of aliphatic hydroxyl groups is 2. The highest BCUT2D eigenvalue weighted by Gasteiger charge is 2.50. The molecule has 38 heavy (non-hydrogen) atoms. The van der Waals surface area contributed by atoms with Crippen LogP contribution in [0.4, 0.5) is 0 Å². The summed E-state index contributed by atoms with van der Waals surface area (Å²) in [6, 6.07) is 12.6. The smallest absolute Gasteiger partial charge is 0.251 e. The van der Waals surface area contributed by atoms with Gasteiger partial charge in [0.15, 0.2) is 0 Å². The summed E-state index contributed by atoms with van der Waals surface area (Å²) in [7, 11) is 0. The van der Waals surface area contributed by atoms with E-state index in [2.05, 4.69) is 24.5 Å². The topological polar surface area (TPSA) is 102 Å². The van der Waals surface area contributed by atoms with Crippen LogP contribution in [0, 0.1) is 23.2 Å². The second kappa shape index (κ2) is 11.0. The Morgan fingerprint density at radius 1 is 1.05 bits per heavy atom. The molecule has 4 fully saturated rings. The molecule has 0 aromatic heterocycles. The van der Waals surface area contributed by atoms with Gasteiger partial charge < -0.3 is 26.0 Å². The number of carbonyl (C=O) groups excluding carboxylic acids is 1. The minimum absolute atomic E-state index is 0.00443. The summed E-state index contributed by atoms with van der Waals surface area (Å²) in [5.74, 6) is 2.83. The van der Waals surface area contributed by atoms with Gasteiger partial charge in [0.2, 0.25) is 0 Å². The fourth-order valence-electron chi connectivity index (χ4n) is 7.96. The molecule has 4 bridgehead atoms. The molecule has 206 valence electrons. The van der Waals surface area contributed by atoms with Gasteiger partial charge in [-0.2, -0.15) is 0 Å². The second-order valence-electron chi connectivity index (χ2n) is 13.1. The Kier molecular flexibility index (Phi) is 7.86. The van der Waals surface area contributed by atoms with E-state index in [4.69, 9.17) is 0 Å². The number of phenols is 1. The molecule has 5 N–H and O–H groups in total. The number of nitrogens with one attached hydrogen (secondary N) is 2. The van der Waals surface area contributed by atoms with Gasteiger partial charge in [-0.3, -0.25) is 4.79 Å². The van der Waals surface area contributed by atoms with Crippen molar-refractivity contribution in [3.63, 3.8) is 0 Å². The van der Waals surface area contributed by atoms with Crippen LogP contribution in [-0.4, -0.2) is 39.9 Å². The van der Waals surface area contributed by atoms with Crippen LogP contribution in [-0.2, 0) is 13.0 Å². The first-order valence-corrected chi connectivity index (χ1v) is 14.4. The van der Waals surface area contributed by atoms with Gasteiger partial charge in [0.25, 0.3) is 5.91 Å². The highest BCUT2D eigenvalue weighted by Crippen LogP contribution is 2.61. The molecule has 1 atom stereocenters. The highest BCUT2D eigenvalue weighted by atomic mass is 16.3. The number of aromatic hydroxyl groups is 1. The highest BCUT2D eigenvalue weighted by molar-refractivity contribution is 5.94. The Morgan fingerprint density at radius 3 is 2.39 bits per heavy atom. The lowest BCUT2D eigenvalue weighted by molar-refractivity contribution is -0.0564. The summed E-state index contributed by atoms with van der Waals surface area (Å²) in [5, 5.41) is 36.4. The fourth-order valence-corrected chi connectivity index (χ4v) is 7.96. The summed E-state index contributed by atoms with van der Waals surface area (Å²) in [5.41, 5.74) is 2.97. The fraction of sp³-hybridized carbons (Fsp3) is 0.594. The van der Waals surface area contributed by atoms with Crippen LogP contribution in [0.15, 0.2) is 42.5 Å². The standard InChI is InChI=1S/C32H44N2O4/c1-31(2,34-19-29(37)25-6-7-28(36)27(14-25)20-35)15-21-4-3-5-26(13-21)30(38)33-9-8-32-16-22-10-23(17-32)12-24(11-22)18-32/h3-7,13-14,22-24,29,34-37H,8-12,15-20H2,1-2H3,(H,33,38)/t22?,23?,24?,29-,32?/m0/s1. The van der Waals surface area contributed by atoms with Gasteiger partial charge >= 0.3 is 0 Å². The Hall–Kier alpha value is -2.41. The van der Waals surface area contributed by atoms with Crippen molar-refractivity contribution in [3.05, 3.63) is 64.7 Å². The minimum atomic E-state index is -0.772. The lowest BCUT2D eigenvalue weighted by Gasteiger charge is -2.57. The third kappa shape index (κ3) is 6.24. The van der Waals surface area contributed by atoms with E-state index in [1.165, 1.54) is 44.6 Å². The van der Waals surface area contributed by atoms with E-state index in [9.17, 15) is 20.1 Å². The molecule has 0 radical (unpaired) electrons. The van der Waals surface area contributed by atoms with E-state index in [1.54, 1.807) is 12.1 Å². The number of benzene rings is 2. The van der Waals surface area contributed by atoms with Crippen molar-refractivity contribution in [1.29, 1.82) is 0 Å². The van der Waals surface area contributed by atoms with E-state index in [0.29, 0.717) is 35.1 Å². The van der Waals surface area contributed by atoms with E-state index in [0.717, 1.165) is 36.3 Å². The predicted octanol–water partition coefficient (Wildman–Crippen LogP) is 4.87. The molecule has 6 nitrogen and oxygen atoms in total. The Labute approximate surface area is 226 Å². The third-order valence-corrected chi connectivity index (χ3v) is 9.37. The average molecular weight is 521 g/mol. The zero-order valence-electron chi connectivity index (χ0n) is 22.9. The number of aliphatic hydroxyl groups excluding tert-OH is 2. The number of carbonyl (C=O) groups is 1. The summed E-state index contributed by atoms with van der Waals surface area (Å²) >= 11 is 0. The molecule has 6 rings (SSSR count). The van der Waals surface area contributed by atoms with Gasteiger partial charge in [0, 0.05) is 29.8 Å². The number of rotatable bonds is 11. The van der Waals surface area contributed by atoms with Crippen LogP contribution in [0.25, 0.3) is 0 Å². The normalized spacial score (nSPS) is 26.9. The number of amides is 1. The van der Waals surface area contributed by atoms with Crippen molar-refractivity contribution in [3.8, 4) is 5.75 Å². The van der Waals surface area contributed by atoms with Crippen LogP contribution >= 0.6 is 0 Å². The van der Waals surface area contributed by atoms with Crippen LogP contribution in [0.2, 0.25) is 0 Å². The predicted molar refractivity (Wildman–Crippen MR) is 149 cm³/mol. The minimum Gasteiger partial charge on any atom is -0.508 e. The van der Waals surface area contributed by atoms with Crippen LogP contribution in [0.3, 0.4) is 0 Å². The molecule has 6 heteroatoms. The van der Waals surface area contributed by atoms with Gasteiger partial charge in [0.1, 0.15) is 5.75 Å². The van der Waals surface area contributed by atoms with Crippen molar-refractivity contribution in [2.75, 3.05) is 13.1 Å². The van der Waals surface area contributed by atoms with E-state index >= 15 is 0 Å². The van der Waals surface area contributed by atoms with Gasteiger partial charge in [-0.05, 0) is 124 Å². The third-order valence-electron chi connectivity index (χ3n) is 9.37. The zero-order valence-corrected chi connectivity index (χ0v) is 22.9. The largest absolute Gasteiger partial charge is 0.508 e. The zero-order chi connectivity index (χ0) is 26.9. The van der Waals surface area contributed by atoms with Crippen molar-refractivity contribution in [1.82, 2.24) is 10.6 Å². The molecular weight excluding hydrogens is 476 g/mol. The second-order valence-corrected chi connectivity index (χ2v) is 13.1. The number of hydrogen-bond acceptors (Lipinski definition) is 5. The molecule has 1 amide bonds. The Balaban J connectivity index is 1.12. The number of hydrogen-bond donors (Lipinski definition) is 5. The molecule has 2 aromatic rings.